The van der Waals surface area contributed by atoms with E-state index in [1.807, 2.05) is 6.07 Å². The van der Waals surface area contributed by atoms with Gasteiger partial charge in [0, 0.05) is 6.04 Å². The molecule has 0 saturated heterocycles. The maximum Gasteiger partial charge on any atom is 0.0128 e. The van der Waals surface area contributed by atoms with Crippen LogP contribution < -0.4 is 5.73 Å². The molecule has 13 heavy (non-hydrogen) atoms. The van der Waals surface area contributed by atoms with Gasteiger partial charge in [0.2, 0.25) is 0 Å². The van der Waals surface area contributed by atoms with Gasteiger partial charge in [-0.1, -0.05) is 51.1 Å². The molecule has 0 radical (unpaired) electrons. The van der Waals surface area contributed by atoms with E-state index in [-0.39, 0.29) is 6.04 Å². The van der Waals surface area contributed by atoms with Gasteiger partial charge in [-0.25, -0.2) is 0 Å². The third-order valence-electron chi connectivity index (χ3n) is 2.67. The molecule has 1 aromatic carbocycles. The summed E-state index contributed by atoms with van der Waals surface area (Å²) in [7, 11) is 0. The molecule has 0 fully saturated rings. The minimum atomic E-state index is 0.252. The van der Waals surface area contributed by atoms with Crippen LogP contribution in [0.25, 0.3) is 0 Å². The summed E-state index contributed by atoms with van der Waals surface area (Å²) in [6.45, 7) is 6.54. The first-order valence-electron chi connectivity index (χ1n) is 4.93. The van der Waals surface area contributed by atoms with Gasteiger partial charge in [-0.05, 0) is 17.4 Å². The maximum atomic E-state index is 6.09. The minimum absolute atomic E-state index is 0.252. The van der Waals surface area contributed by atoms with Crippen molar-refractivity contribution in [1.29, 1.82) is 0 Å². The SMILES string of the molecule is CC(C)C(N)C(C)c1ccccc1. The zero-order valence-electron chi connectivity index (χ0n) is 8.70. The van der Waals surface area contributed by atoms with Crippen molar-refractivity contribution in [3.05, 3.63) is 35.9 Å². The van der Waals surface area contributed by atoms with Crippen molar-refractivity contribution in [2.24, 2.45) is 11.7 Å². The first kappa shape index (κ1) is 10.3. The lowest BCUT2D eigenvalue weighted by atomic mass is 9.87. The highest BCUT2D eigenvalue weighted by Gasteiger charge is 2.17. The van der Waals surface area contributed by atoms with Crippen molar-refractivity contribution >= 4 is 0 Å². The van der Waals surface area contributed by atoms with E-state index < -0.39 is 0 Å². The smallest absolute Gasteiger partial charge is 0.0128 e. The molecule has 0 spiro atoms. The lowest BCUT2D eigenvalue weighted by Crippen LogP contribution is -2.32. The van der Waals surface area contributed by atoms with E-state index >= 15 is 0 Å². The van der Waals surface area contributed by atoms with E-state index in [1.165, 1.54) is 5.56 Å². The van der Waals surface area contributed by atoms with Gasteiger partial charge in [0.15, 0.2) is 0 Å². The lowest BCUT2D eigenvalue weighted by molar-refractivity contribution is 0.434. The molecule has 0 aliphatic rings. The number of benzene rings is 1. The van der Waals surface area contributed by atoms with E-state index in [0.29, 0.717) is 11.8 Å². The molecule has 2 atom stereocenters. The predicted octanol–water partition coefficient (Wildman–Crippen LogP) is 2.77. The standard InChI is InChI=1S/C12H19N/c1-9(2)12(13)10(3)11-7-5-4-6-8-11/h4-10,12H,13H2,1-3H3. The molecule has 0 aliphatic carbocycles. The summed E-state index contributed by atoms with van der Waals surface area (Å²) >= 11 is 0. The Morgan fingerprint density at radius 2 is 1.54 bits per heavy atom. The summed E-state index contributed by atoms with van der Waals surface area (Å²) in [5.41, 5.74) is 7.43. The Bertz CT molecular complexity index is 241. The fourth-order valence-corrected chi connectivity index (χ4v) is 1.56. The van der Waals surface area contributed by atoms with E-state index in [0.717, 1.165) is 0 Å². The number of nitrogens with two attached hydrogens (primary N) is 1. The van der Waals surface area contributed by atoms with Crippen molar-refractivity contribution in [1.82, 2.24) is 0 Å². The second-order valence-electron chi connectivity index (χ2n) is 4.02. The highest BCUT2D eigenvalue weighted by Crippen LogP contribution is 2.21. The molecule has 0 aromatic heterocycles. The molecule has 2 N–H and O–H groups in total. The number of hydrogen-bond acceptors (Lipinski definition) is 1. The van der Waals surface area contributed by atoms with Crippen LogP contribution in [0.1, 0.15) is 32.3 Å². The quantitative estimate of drug-likeness (QED) is 0.755. The molecule has 0 heterocycles. The number of rotatable bonds is 3. The Labute approximate surface area is 81.0 Å². The maximum absolute atomic E-state index is 6.09. The van der Waals surface area contributed by atoms with Crippen LogP contribution in [0.2, 0.25) is 0 Å². The molecule has 1 nitrogen and oxygen atoms in total. The van der Waals surface area contributed by atoms with Gasteiger partial charge in [-0.3, -0.25) is 0 Å². The molecule has 1 heteroatoms. The average Bonchev–Trinajstić information content (AvgIpc) is 2.17. The molecular formula is C12H19N. The third-order valence-corrected chi connectivity index (χ3v) is 2.67. The van der Waals surface area contributed by atoms with Crippen molar-refractivity contribution in [2.45, 2.75) is 32.7 Å². The fraction of sp³-hybridized carbons (Fsp3) is 0.500. The monoisotopic (exact) mass is 177 g/mol. The molecule has 0 bridgehead atoms. The lowest BCUT2D eigenvalue weighted by Gasteiger charge is -2.23. The van der Waals surface area contributed by atoms with Crippen molar-refractivity contribution in [2.75, 3.05) is 0 Å². The summed E-state index contributed by atoms with van der Waals surface area (Å²) in [6.07, 6.45) is 0. The first-order chi connectivity index (χ1) is 6.13. The second kappa shape index (κ2) is 4.43. The van der Waals surface area contributed by atoms with Crippen LogP contribution in [0.3, 0.4) is 0 Å². The van der Waals surface area contributed by atoms with Crippen LogP contribution in [0.5, 0.6) is 0 Å². The van der Waals surface area contributed by atoms with Crippen molar-refractivity contribution in [3.63, 3.8) is 0 Å². The average molecular weight is 177 g/mol. The Morgan fingerprint density at radius 1 is 1.00 bits per heavy atom. The Morgan fingerprint density at radius 3 is 2.00 bits per heavy atom. The molecule has 0 amide bonds. The molecule has 2 unspecified atom stereocenters. The molecule has 72 valence electrons. The second-order valence-corrected chi connectivity index (χ2v) is 4.02. The van der Waals surface area contributed by atoms with E-state index in [2.05, 4.69) is 45.0 Å². The first-order valence-corrected chi connectivity index (χ1v) is 4.93. The Hall–Kier alpha value is -0.820. The molecule has 1 aromatic rings. The highest BCUT2D eigenvalue weighted by molar-refractivity contribution is 5.20. The van der Waals surface area contributed by atoms with Crippen LogP contribution in [0, 0.1) is 5.92 Å². The Kier molecular flexibility index (Phi) is 3.49. The van der Waals surface area contributed by atoms with Gasteiger partial charge in [-0.2, -0.15) is 0 Å². The predicted molar refractivity (Wildman–Crippen MR) is 57.7 cm³/mol. The van der Waals surface area contributed by atoms with Crippen LogP contribution >= 0.6 is 0 Å². The zero-order chi connectivity index (χ0) is 9.84. The van der Waals surface area contributed by atoms with Gasteiger partial charge in [0.05, 0.1) is 0 Å². The van der Waals surface area contributed by atoms with E-state index in [4.69, 9.17) is 5.73 Å². The van der Waals surface area contributed by atoms with Gasteiger partial charge < -0.3 is 5.73 Å². The zero-order valence-corrected chi connectivity index (χ0v) is 8.70. The summed E-state index contributed by atoms with van der Waals surface area (Å²) in [5, 5.41) is 0. The highest BCUT2D eigenvalue weighted by atomic mass is 14.7. The van der Waals surface area contributed by atoms with Crippen molar-refractivity contribution < 1.29 is 0 Å². The fourth-order valence-electron chi connectivity index (χ4n) is 1.56. The topological polar surface area (TPSA) is 26.0 Å². The van der Waals surface area contributed by atoms with Crippen molar-refractivity contribution in [3.8, 4) is 0 Å². The van der Waals surface area contributed by atoms with E-state index in [1.54, 1.807) is 0 Å². The normalized spacial score (nSPS) is 15.8. The summed E-state index contributed by atoms with van der Waals surface area (Å²) in [5.74, 6) is 0.983. The van der Waals surface area contributed by atoms with Gasteiger partial charge in [0.1, 0.15) is 0 Å². The Balaban J connectivity index is 2.73. The van der Waals surface area contributed by atoms with Crippen LogP contribution in [-0.2, 0) is 0 Å². The summed E-state index contributed by atoms with van der Waals surface area (Å²) in [6, 6.07) is 10.7. The minimum Gasteiger partial charge on any atom is -0.327 e. The third kappa shape index (κ3) is 2.56. The van der Waals surface area contributed by atoms with Crippen LogP contribution in [0.15, 0.2) is 30.3 Å². The van der Waals surface area contributed by atoms with Gasteiger partial charge >= 0.3 is 0 Å². The van der Waals surface area contributed by atoms with Crippen LogP contribution in [-0.4, -0.2) is 6.04 Å². The molecule has 1 rings (SSSR count). The van der Waals surface area contributed by atoms with Gasteiger partial charge in [0.25, 0.3) is 0 Å². The molecule has 0 saturated carbocycles. The largest absolute Gasteiger partial charge is 0.327 e. The molecular weight excluding hydrogens is 158 g/mol. The number of hydrogen-bond donors (Lipinski definition) is 1. The van der Waals surface area contributed by atoms with E-state index in [9.17, 15) is 0 Å². The van der Waals surface area contributed by atoms with Gasteiger partial charge in [-0.15, -0.1) is 0 Å². The summed E-state index contributed by atoms with van der Waals surface area (Å²) < 4.78 is 0. The summed E-state index contributed by atoms with van der Waals surface area (Å²) in [4.78, 5) is 0. The molecule has 0 aliphatic heterocycles. The van der Waals surface area contributed by atoms with Crippen LogP contribution in [0.4, 0.5) is 0 Å².